The van der Waals surface area contributed by atoms with Gasteiger partial charge in [-0.25, -0.2) is 9.37 Å². The van der Waals surface area contributed by atoms with E-state index in [9.17, 15) is 14.0 Å². The molecule has 136 valence electrons. The Balaban J connectivity index is 2.03. The van der Waals surface area contributed by atoms with Crippen LogP contribution < -0.4 is 10.5 Å². The molecule has 2 heterocycles. The molecule has 0 aliphatic carbocycles. The monoisotopic (exact) mass is 357 g/mol. The number of hydrogen-bond acceptors (Lipinski definition) is 4. The van der Waals surface area contributed by atoms with Gasteiger partial charge in [-0.3, -0.25) is 14.7 Å². The molecule has 1 amide bonds. The molecule has 3 aromatic rings. The summed E-state index contributed by atoms with van der Waals surface area (Å²) in [7, 11) is 0. The number of aromatic nitrogens is 4. The van der Waals surface area contributed by atoms with Crippen molar-refractivity contribution >= 4 is 17.4 Å². The maximum absolute atomic E-state index is 13.3. The highest BCUT2D eigenvalue weighted by Gasteiger charge is 2.29. The van der Waals surface area contributed by atoms with Crippen molar-refractivity contribution in [2.45, 2.75) is 34.2 Å². The normalized spacial score (nSPS) is 11.7. The summed E-state index contributed by atoms with van der Waals surface area (Å²) in [6, 6.07) is 7.07. The number of carbonyl (C=O) groups excluding carboxylic acids is 1. The Morgan fingerprint density at radius 2 is 1.88 bits per heavy atom. The van der Waals surface area contributed by atoms with Crippen LogP contribution >= 0.6 is 0 Å². The van der Waals surface area contributed by atoms with Gasteiger partial charge in [0.2, 0.25) is 5.91 Å². The van der Waals surface area contributed by atoms with E-state index < -0.39 is 5.41 Å². The number of halogens is 1. The molecule has 3 rings (SSSR count). The molecule has 1 N–H and O–H groups in total. The molecule has 0 spiro atoms. The summed E-state index contributed by atoms with van der Waals surface area (Å²) in [6.07, 6.45) is 0. The van der Waals surface area contributed by atoms with E-state index in [0.717, 1.165) is 0 Å². The van der Waals surface area contributed by atoms with Gasteiger partial charge >= 0.3 is 0 Å². The number of H-pyrrole nitrogens is 1. The van der Waals surface area contributed by atoms with E-state index in [1.54, 1.807) is 27.7 Å². The molecule has 0 aliphatic rings. The van der Waals surface area contributed by atoms with Crippen molar-refractivity contribution in [3.8, 4) is 0 Å². The van der Waals surface area contributed by atoms with Gasteiger partial charge in [-0.15, -0.1) is 0 Å². The zero-order chi connectivity index (χ0) is 19.1. The van der Waals surface area contributed by atoms with Crippen LogP contribution in [0.2, 0.25) is 0 Å². The number of hydrogen-bond donors (Lipinski definition) is 1. The third-order valence-corrected chi connectivity index (χ3v) is 3.84. The van der Waals surface area contributed by atoms with Gasteiger partial charge in [0.1, 0.15) is 11.6 Å². The first-order valence-electron chi connectivity index (χ1n) is 8.18. The lowest BCUT2D eigenvalue weighted by atomic mass is 9.94. The summed E-state index contributed by atoms with van der Waals surface area (Å²) in [5.41, 5.74) is 0.186. The summed E-state index contributed by atoms with van der Waals surface area (Å²) >= 11 is 0. The molecule has 0 aliphatic heterocycles. The third kappa shape index (κ3) is 3.49. The molecule has 26 heavy (non-hydrogen) atoms. The number of carbonyl (C=O) groups is 1. The fourth-order valence-corrected chi connectivity index (χ4v) is 2.56. The molecule has 0 atom stereocenters. The second-order valence-corrected chi connectivity index (χ2v) is 7.16. The highest BCUT2D eigenvalue weighted by atomic mass is 19.1. The number of fused-ring (bicyclic) bond motifs is 1. The standard InChI is InChI=1S/C18H20FN5O2/c1-11-9-15(25)24-17(20-11)21-14(22-24)10-23(16(26)18(2,3)4)13-7-5-12(19)6-8-13/h5-9H,10H2,1-4H3,(H,20,21,22). The van der Waals surface area contributed by atoms with Crippen LogP contribution in [0.15, 0.2) is 35.1 Å². The van der Waals surface area contributed by atoms with E-state index in [0.29, 0.717) is 17.2 Å². The van der Waals surface area contributed by atoms with Gasteiger partial charge in [0.15, 0.2) is 0 Å². The van der Waals surface area contributed by atoms with E-state index in [2.05, 4.69) is 15.1 Å². The lowest BCUT2D eigenvalue weighted by molar-refractivity contribution is -0.125. The van der Waals surface area contributed by atoms with Crippen molar-refractivity contribution in [2.75, 3.05) is 4.90 Å². The smallest absolute Gasteiger partial charge is 0.274 e. The van der Waals surface area contributed by atoms with Crippen LogP contribution in [0.4, 0.5) is 10.1 Å². The van der Waals surface area contributed by atoms with Crippen molar-refractivity contribution in [3.63, 3.8) is 0 Å². The Bertz CT molecular complexity index is 1010. The van der Waals surface area contributed by atoms with E-state index in [1.165, 1.54) is 39.7 Å². The van der Waals surface area contributed by atoms with Crippen molar-refractivity contribution in [2.24, 2.45) is 5.41 Å². The molecule has 0 saturated heterocycles. The average Bonchev–Trinajstić information content (AvgIpc) is 2.95. The second kappa shape index (κ2) is 6.36. The summed E-state index contributed by atoms with van der Waals surface area (Å²) in [5.74, 6) is 0.113. The highest BCUT2D eigenvalue weighted by Crippen LogP contribution is 2.25. The van der Waals surface area contributed by atoms with Crippen LogP contribution in [0, 0.1) is 18.2 Å². The van der Waals surface area contributed by atoms with Gasteiger partial charge in [0.05, 0.1) is 6.54 Å². The number of aromatic amines is 1. The molecule has 0 unspecified atom stereocenters. The van der Waals surface area contributed by atoms with E-state index in [-0.39, 0.29) is 29.6 Å². The highest BCUT2D eigenvalue weighted by molar-refractivity contribution is 5.96. The van der Waals surface area contributed by atoms with E-state index in [1.807, 2.05) is 0 Å². The maximum atomic E-state index is 13.3. The second-order valence-electron chi connectivity index (χ2n) is 7.16. The number of anilines is 1. The molecule has 0 bridgehead atoms. The molecular formula is C18H20FN5O2. The number of amides is 1. The van der Waals surface area contributed by atoms with Gasteiger partial charge in [-0.2, -0.15) is 9.50 Å². The summed E-state index contributed by atoms with van der Waals surface area (Å²) in [6.45, 7) is 7.23. The summed E-state index contributed by atoms with van der Waals surface area (Å²) < 4.78 is 14.5. The van der Waals surface area contributed by atoms with Gasteiger partial charge in [0.25, 0.3) is 11.3 Å². The van der Waals surface area contributed by atoms with Gasteiger partial charge in [0, 0.05) is 22.9 Å². The Hall–Kier alpha value is -3.03. The third-order valence-electron chi connectivity index (χ3n) is 3.84. The van der Waals surface area contributed by atoms with Crippen LogP contribution in [-0.2, 0) is 11.3 Å². The lowest BCUT2D eigenvalue weighted by Gasteiger charge is -2.29. The molecule has 2 aromatic heterocycles. The van der Waals surface area contributed by atoms with E-state index >= 15 is 0 Å². The molecule has 1 aromatic carbocycles. The fraction of sp³-hybridized carbons (Fsp3) is 0.333. The number of rotatable bonds is 3. The molecule has 0 fully saturated rings. The fourth-order valence-electron chi connectivity index (χ4n) is 2.56. The van der Waals surface area contributed by atoms with Crippen LogP contribution in [0.3, 0.4) is 0 Å². The van der Waals surface area contributed by atoms with Crippen molar-refractivity contribution in [3.05, 3.63) is 58.0 Å². The zero-order valence-electron chi connectivity index (χ0n) is 15.1. The number of nitrogens with zero attached hydrogens (tertiary/aromatic N) is 4. The first-order chi connectivity index (χ1) is 12.1. The molecular weight excluding hydrogens is 337 g/mol. The first-order valence-corrected chi connectivity index (χ1v) is 8.18. The average molecular weight is 357 g/mol. The molecule has 7 nitrogen and oxygen atoms in total. The zero-order valence-corrected chi connectivity index (χ0v) is 15.1. The minimum atomic E-state index is -0.647. The van der Waals surface area contributed by atoms with Crippen LogP contribution in [0.25, 0.3) is 5.78 Å². The Labute approximate surface area is 149 Å². The van der Waals surface area contributed by atoms with Gasteiger partial charge in [-0.05, 0) is 31.2 Å². The Morgan fingerprint density at radius 1 is 1.23 bits per heavy atom. The Morgan fingerprint density at radius 3 is 2.50 bits per heavy atom. The number of benzene rings is 1. The van der Waals surface area contributed by atoms with Crippen LogP contribution in [-0.4, -0.2) is 25.5 Å². The molecule has 0 radical (unpaired) electrons. The lowest BCUT2D eigenvalue weighted by Crippen LogP contribution is -2.39. The summed E-state index contributed by atoms with van der Waals surface area (Å²) in [5, 5.41) is 2.87. The first kappa shape index (κ1) is 17.8. The van der Waals surface area contributed by atoms with Gasteiger partial charge < -0.3 is 4.90 Å². The van der Waals surface area contributed by atoms with Crippen molar-refractivity contribution in [1.29, 1.82) is 0 Å². The van der Waals surface area contributed by atoms with Crippen molar-refractivity contribution < 1.29 is 9.18 Å². The maximum Gasteiger partial charge on any atom is 0.274 e. The molecule has 0 saturated carbocycles. The van der Waals surface area contributed by atoms with Crippen LogP contribution in [0.1, 0.15) is 32.3 Å². The molecule has 8 heteroatoms. The summed E-state index contributed by atoms with van der Waals surface area (Å²) in [4.78, 5) is 35.0. The number of aryl methyl sites for hydroxylation is 1. The minimum absolute atomic E-state index is 0.101. The largest absolute Gasteiger partial charge is 0.304 e. The SMILES string of the molecule is Cc1cc(=O)n2[nH]c(CN(C(=O)C(C)(C)C)c3ccc(F)cc3)nc2n1. The van der Waals surface area contributed by atoms with Gasteiger partial charge in [-0.1, -0.05) is 20.8 Å². The Kier molecular flexibility index (Phi) is 4.35. The minimum Gasteiger partial charge on any atom is -0.304 e. The topological polar surface area (TPSA) is 83.4 Å². The van der Waals surface area contributed by atoms with Crippen molar-refractivity contribution in [1.82, 2.24) is 19.6 Å². The van der Waals surface area contributed by atoms with Crippen LogP contribution in [0.5, 0.6) is 0 Å². The predicted octanol–water partition coefficient (Wildman–Crippen LogP) is 2.44. The van der Waals surface area contributed by atoms with E-state index in [4.69, 9.17) is 0 Å². The predicted molar refractivity (Wildman–Crippen MR) is 95.4 cm³/mol. The quantitative estimate of drug-likeness (QED) is 0.780. The number of nitrogens with one attached hydrogen (secondary N) is 1.